The highest BCUT2D eigenvalue weighted by Gasteiger charge is 2.22. The van der Waals surface area contributed by atoms with E-state index in [0.717, 1.165) is 18.9 Å². The van der Waals surface area contributed by atoms with Gasteiger partial charge in [-0.2, -0.15) is 0 Å². The summed E-state index contributed by atoms with van der Waals surface area (Å²) in [7, 11) is 0. The second kappa shape index (κ2) is 5.12. The normalized spacial score (nSPS) is 19.8. The molecule has 92 valence electrons. The highest BCUT2D eigenvalue weighted by Crippen LogP contribution is 2.27. The SMILES string of the molecule is c1ccc([C@H]2CCCN(c3cnccn3)C2)nc1. The number of rotatable bonds is 2. The molecule has 0 aromatic carbocycles. The quantitative estimate of drug-likeness (QED) is 0.807. The van der Waals surface area contributed by atoms with Gasteiger partial charge in [0, 0.05) is 43.3 Å². The molecule has 1 aliphatic rings. The Morgan fingerprint density at radius 3 is 2.89 bits per heavy atom. The van der Waals surface area contributed by atoms with Gasteiger partial charge in [-0.15, -0.1) is 0 Å². The number of piperidine rings is 1. The number of aromatic nitrogens is 3. The maximum atomic E-state index is 4.47. The average Bonchev–Trinajstić information content (AvgIpc) is 2.49. The lowest BCUT2D eigenvalue weighted by atomic mass is 9.94. The first-order valence-corrected chi connectivity index (χ1v) is 6.35. The molecule has 0 aliphatic carbocycles. The fraction of sp³-hybridized carbons (Fsp3) is 0.357. The minimum atomic E-state index is 0.502. The van der Waals surface area contributed by atoms with E-state index in [1.165, 1.54) is 18.5 Å². The van der Waals surface area contributed by atoms with E-state index < -0.39 is 0 Å². The Labute approximate surface area is 107 Å². The maximum absolute atomic E-state index is 4.47. The molecule has 2 aromatic heterocycles. The van der Waals surface area contributed by atoms with Gasteiger partial charge >= 0.3 is 0 Å². The van der Waals surface area contributed by atoms with Crippen molar-refractivity contribution in [1.82, 2.24) is 15.0 Å². The molecule has 3 heterocycles. The molecule has 3 rings (SSSR count). The van der Waals surface area contributed by atoms with Crippen LogP contribution >= 0.6 is 0 Å². The summed E-state index contributed by atoms with van der Waals surface area (Å²) in [5, 5.41) is 0. The van der Waals surface area contributed by atoms with E-state index in [1.54, 1.807) is 12.4 Å². The monoisotopic (exact) mass is 240 g/mol. The van der Waals surface area contributed by atoms with Crippen LogP contribution in [0.1, 0.15) is 24.5 Å². The van der Waals surface area contributed by atoms with E-state index in [0.29, 0.717) is 5.92 Å². The molecule has 0 radical (unpaired) electrons. The summed E-state index contributed by atoms with van der Waals surface area (Å²) in [5.41, 5.74) is 1.19. The topological polar surface area (TPSA) is 41.9 Å². The summed E-state index contributed by atoms with van der Waals surface area (Å²) < 4.78 is 0. The van der Waals surface area contributed by atoms with Gasteiger partial charge in [0.2, 0.25) is 0 Å². The van der Waals surface area contributed by atoms with Crippen LogP contribution in [0.15, 0.2) is 43.0 Å². The van der Waals surface area contributed by atoms with Crippen molar-refractivity contribution in [2.45, 2.75) is 18.8 Å². The van der Waals surface area contributed by atoms with Gasteiger partial charge in [-0.05, 0) is 25.0 Å². The van der Waals surface area contributed by atoms with Gasteiger partial charge in [0.05, 0.1) is 6.20 Å². The van der Waals surface area contributed by atoms with Crippen molar-refractivity contribution >= 4 is 5.82 Å². The third kappa shape index (κ3) is 2.32. The minimum absolute atomic E-state index is 0.502. The van der Waals surface area contributed by atoms with Crippen LogP contribution in [0.3, 0.4) is 0 Å². The van der Waals surface area contributed by atoms with Crippen molar-refractivity contribution in [3.05, 3.63) is 48.7 Å². The number of hydrogen-bond donors (Lipinski definition) is 0. The van der Waals surface area contributed by atoms with Crippen LogP contribution in [0, 0.1) is 0 Å². The molecule has 18 heavy (non-hydrogen) atoms. The van der Waals surface area contributed by atoms with Crippen molar-refractivity contribution in [3.63, 3.8) is 0 Å². The van der Waals surface area contributed by atoms with Gasteiger partial charge in [0.1, 0.15) is 5.82 Å². The summed E-state index contributed by atoms with van der Waals surface area (Å²) in [6.45, 7) is 2.04. The van der Waals surface area contributed by atoms with Crippen LogP contribution in [-0.2, 0) is 0 Å². The highest BCUT2D eigenvalue weighted by atomic mass is 15.2. The van der Waals surface area contributed by atoms with Crippen LogP contribution in [0.4, 0.5) is 5.82 Å². The molecule has 1 saturated heterocycles. The summed E-state index contributed by atoms with van der Waals surface area (Å²) in [4.78, 5) is 15.3. The molecular weight excluding hydrogens is 224 g/mol. The fourth-order valence-corrected chi connectivity index (χ4v) is 2.50. The Kier molecular flexibility index (Phi) is 3.17. The zero-order valence-electron chi connectivity index (χ0n) is 10.2. The standard InChI is InChI=1S/C14H16N4/c1-2-6-16-13(5-1)12-4-3-9-18(11-12)14-10-15-7-8-17-14/h1-2,5-8,10,12H,3-4,9,11H2/t12-/m0/s1. The first-order valence-electron chi connectivity index (χ1n) is 6.35. The first kappa shape index (κ1) is 11.1. The van der Waals surface area contributed by atoms with Gasteiger partial charge in [0.25, 0.3) is 0 Å². The Morgan fingerprint density at radius 2 is 2.11 bits per heavy atom. The Morgan fingerprint density at radius 1 is 1.11 bits per heavy atom. The van der Waals surface area contributed by atoms with Crippen molar-refractivity contribution in [2.24, 2.45) is 0 Å². The molecule has 2 aromatic rings. The highest BCUT2D eigenvalue weighted by molar-refractivity contribution is 5.36. The molecule has 4 nitrogen and oxygen atoms in total. The molecule has 0 unspecified atom stereocenters. The van der Waals surface area contributed by atoms with E-state index in [-0.39, 0.29) is 0 Å². The predicted octanol–water partition coefficient (Wildman–Crippen LogP) is 2.26. The van der Waals surface area contributed by atoms with Crippen LogP contribution in [0.5, 0.6) is 0 Å². The summed E-state index contributed by atoms with van der Waals surface area (Å²) in [6, 6.07) is 6.14. The number of hydrogen-bond acceptors (Lipinski definition) is 4. The molecule has 1 fully saturated rings. The van der Waals surface area contributed by atoms with E-state index in [9.17, 15) is 0 Å². The third-order valence-corrected chi connectivity index (χ3v) is 3.40. The van der Waals surface area contributed by atoms with Crippen LogP contribution < -0.4 is 4.90 Å². The summed E-state index contributed by atoms with van der Waals surface area (Å²) in [5.74, 6) is 1.47. The van der Waals surface area contributed by atoms with Gasteiger partial charge in [0.15, 0.2) is 0 Å². The lowest BCUT2D eigenvalue weighted by molar-refractivity contribution is 0.498. The van der Waals surface area contributed by atoms with Crippen LogP contribution in [0.2, 0.25) is 0 Å². The molecule has 0 spiro atoms. The molecule has 0 amide bonds. The lowest BCUT2D eigenvalue weighted by Crippen LogP contribution is -2.35. The second-order valence-corrected chi connectivity index (χ2v) is 4.60. The van der Waals surface area contributed by atoms with Crippen molar-refractivity contribution in [3.8, 4) is 0 Å². The maximum Gasteiger partial charge on any atom is 0.147 e. The van der Waals surface area contributed by atoms with E-state index in [1.807, 2.05) is 18.5 Å². The van der Waals surface area contributed by atoms with Crippen molar-refractivity contribution in [1.29, 1.82) is 0 Å². The number of pyridine rings is 1. The molecule has 4 heteroatoms. The Balaban J connectivity index is 1.77. The third-order valence-electron chi connectivity index (χ3n) is 3.40. The largest absolute Gasteiger partial charge is 0.355 e. The van der Waals surface area contributed by atoms with Crippen molar-refractivity contribution in [2.75, 3.05) is 18.0 Å². The van der Waals surface area contributed by atoms with Gasteiger partial charge in [-0.25, -0.2) is 4.98 Å². The molecule has 1 atom stereocenters. The minimum Gasteiger partial charge on any atom is -0.355 e. The molecule has 1 aliphatic heterocycles. The van der Waals surface area contributed by atoms with Crippen LogP contribution in [0.25, 0.3) is 0 Å². The number of nitrogens with zero attached hydrogens (tertiary/aromatic N) is 4. The zero-order chi connectivity index (χ0) is 12.2. The second-order valence-electron chi connectivity index (χ2n) is 4.60. The van der Waals surface area contributed by atoms with Crippen LogP contribution in [-0.4, -0.2) is 28.0 Å². The Hall–Kier alpha value is -1.97. The molecule has 0 saturated carbocycles. The predicted molar refractivity (Wildman–Crippen MR) is 70.5 cm³/mol. The van der Waals surface area contributed by atoms with Gasteiger partial charge in [-0.3, -0.25) is 9.97 Å². The average molecular weight is 240 g/mol. The zero-order valence-corrected chi connectivity index (χ0v) is 10.2. The van der Waals surface area contributed by atoms with E-state index in [4.69, 9.17) is 0 Å². The fourth-order valence-electron chi connectivity index (χ4n) is 2.50. The molecular formula is C14H16N4. The van der Waals surface area contributed by atoms with E-state index in [2.05, 4.69) is 32.0 Å². The molecule has 0 bridgehead atoms. The smallest absolute Gasteiger partial charge is 0.147 e. The summed E-state index contributed by atoms with van der Waals surface area (Å²) in [6.07, 6.45) is 9.55. The lowest BCUT2D eigenvalue weighted by Gasteiger charge is -2.33. The summed E-state index contributed by atoms with van der Waals surface area (Å²) >= 11 is 0. The molecule has 0 N–H and O–H groups in total. The van der Waals surface area contributed by atoms with Gasteiger partial charge in [-0.1, -0.05) is 6.07 Å². The number of anilines is 1. The Bertz CT molecular complexity index is 440. The first-order chi connectivity index (χ1) is 8.93. The van der Waals surface area contributed by atoms with Gasteiger partial charge < -0.3 is 4.90 Å². The van der Waals surface area contributed by atoms with Crippen molar-refractivity contribution < 1.29 is 0 Å². The van der Waals surface area contributed by atoms with E-state index >= 15 is 0 Å².